The topological polar surface area (TPSA) is 0 Å². The molecule has 0 nitrogen and oxygen atoms in total. The van der Waals surface area contributed by atoms with Crippen molar-refractivity contribution in [2.45, 2.75) is 31.6 Å². The van der Waals surface area contributed by atoms with E-state index in [-0.39, 0.29) is 5.38 Å². The summed E-state index contributed by atoms with van der Waals surface area (Å²) in [5.41, 5.74) is 2.46. The lowest BCUT2D eigenvalue weighted by Gasteiger charge is -2.30. The predicted octanol–water partition coefficient (Wildman–Crippen LogP) is 5.60. The molecule has 0 bridgehead atoms. The van der Waals surface area contributed by atoms with E-state index in [2.05, 4.69) is 50.9 Å². The molecule has 15 heavy (non-hydrogen) atoms. The van der Waals surface area contributed by atoms with E-state index in [9.17, 15) is 0 Å². The smallest absolute Gasteiger partial charge is 0.0624 e. The second-order valence-electron chi connectivity index (χ2n) is 4.22. The van der Waals surface area contributed by atoms with E-state index < -0.39 is 0 Å². The van der Waals surface area contributed by atoms with Crippen molar-refractivity contribution >= 4 is 43.5 Å². The average molecular weight is 352 g/mol. The highest BCUT2D eigenvalue weighted by Gasteiger charge is 2.28. The molecule has 82 valence electrons. The van der Waals surface area contributed by atoms with E-state index in [4.69, 9.17) is 11.6 Å². The zero-order valence-corrected chi connectivity index (χ0v) is 12.5. The third kappa shape index (κ3) is 2.42. The zero-order chi connectivity index (χ0) is 11.0. The molecule has 0 amide bonds. The molecule has 0 N–H and O–H groups in total. The lowest BCUT2D eigenvalue weighted by molar-refractivity contribution is 0.305. The molecule has 0 spiro atoms. The summed E-state index contributed by atoms with van der Waals surface area (Å²) < 4.78 is 2.28. The third-order valence-electron chi connectivity index (χ3n) is 3.14. The summed E-state index contributed by atoms with van der Waals surface area (Å²) in [7, 11) is 0. The first kappa shape index (κ1) is 11.9. The number of rotatable bonds is 2. The van der Waals surface area contributed by atoms with Gasteiger partial charge in [0.25, 0.3) is 0 Å². The first-order chi connectivity index (χ1) is 7.09. The number of hydrogen-bond donors (Lipinski definition) is 0. The molecule has 0 heterocycles. The molecule has 0 aromatic heterocycles. The van der Waals surface area contributed by atoms with Gasteiger partial charge in [-0.1, -0.05) is 38.3 Å². The van der Waals surface area contributed by atoms with Crippen LogP contribution in [0.1, 0.15) is 35.8 Å². The van der Waals surface area contributed by atoms with Crippen LogP contribution in [0.5, 0.6) is 0 Å². The lowest BCUT2D eigenvalue weighted by Crippen LogP contribution is -2.16. The third-order valence-corrected chi connectivity index (χ3v) is 5.27. The maximum atomic E-state index is 6.49. The van der Waals surface area contributed by atoms with Gasteiger partial charge in [-0.25, -0.2) is 0 Å². The van der Waals surface area contributed by atoms with Crippen molar-refractivity contribution in [3.63, 3.8) is 0 Å². The molecule has 3 heteroatoms. The SMILES string of the molecule is Cc1cc(Br)c(C(Cl)C2CCC2)cc1Br. The monoisotopic (exact) mass is 350 g/mol. The van der Waals surface area contributed by atoms with Crippen LogP contribution in [-0.4, -0.2) is 0 Å². The molecule has 1 fully saturated rings. The van der Waals surface area contributed by atoms with E-state index in [0.29, 0.717) is 5.92 Å². The van der Waals surface area contributed by atoms with E-state index in [1.165, 1.54) is 30.4 Å². The van der Waals surface area contributed by atoms with Gasteiger partial charge in [-0.2, -0.15) is 0 Å². The van der Waals surface area contributed by atoms with E-state index in [0.717, 1.165) is 8.95 Å². The van der Waals surface area contributed by atoms with Gasteiger partial charge in [-0.05, 0) is 48.9 Å². The van der Waals surface area contributed by atoms with Gasteiger partial charge in [0.1, 0.15) is 0 Å². The highest BCUT2D eigenvalue weighted by atomic mass is 79.9. The maximum absolute atomic E-state index is 6.49. The van der Waals surface area contributed by atoms with Crippen molar-refractivity contribution in [1.29, 1.82) is 0 Å². The van der Waals surface area contributed by atoms with Gasteiger partial charge in [-0.15, -0.1) is 11.6 Å². The molecule has 1 saturated carbocycles. The Bertz CT molecular complexity index is 372. The Balaban J connectivity index is 2.30. The van der Waals surface area contributed by atoms with Crippen LogP contribution in [0.4, 0.5) is 0 Å². The van der Waals surface area contributed by atoms with Crippen LogP contribution < -0.4 is 0 Å². The Hall–Kier alpha value is 0.470. The highest BCUT2D eigenvalue weighted by Crippen LogP contribution is 2.44. The summed E-state index contributed by atoms with van der Waals surface area (Å²) in [6, 6.07) is 4.28. The van der Waals surface area contributed by atoms with Crippen LogP contribution in [0.3, 0.4) is 0 Å². The molecule has 1 aliphatic carbocycles. The van der Waals surface area contributed by atoms with Gasteiger partial charge in [0.05, 0.1) is 5.38 Å². The van der Waals surface area contributed by atoms with Gasteiger partial charge >= 0.3 is 0 Å². The summed E-state index contributed by atoms with van der Waals surface area (Å²) >= 11 is 13.6. The Morgan fingerprint density at radius 1 is 1.27 bits per heavy atom. The summed E-state index contributed by atoms with van der Waals surface area (Å²) in [6.07, 6.45) is 3.87. The van der Waals surface area contributed by atoms with E-state index >= 15 is 0 Å². The van der Waals surface area contributed by atoms with Gasteiger partial charge in [0.15, 0.2) is 0 Å². The molecule has 0 radical (unpaired) electrons. The number of halogens is 3. The Morgan fingerprint density at radius 3 is 2.47 bits per heavy atom. The van der Waals surface area contributed by atoms with Gasteiger partial charge in [0.2, 0.25) is 0 Å². The number of aryl methyl sites for hydroxylation is 1. The minimum Gasteiger partial charge on any atom is -0.117 e. The fourth-order valence-electron chi connectivity index (χ4n) is 1.86. The van der Waals surface area contributed by atoms with Crippen LogP contribution >= 0.6 is 43.5 Å². The normalized spacial score (nSPS) is 18.7. The molecular formula is C12H13Br2Cl. The number of alkyl halides is 1. The summed E-state index contributed by atoms with van der Waals surface area (Å²) in [4.78, 5) is 0. The van der Waals surface area contributed by atoms with Crippen molar-refractivity contribution in [3.05, 3.63) is 32.2 Å². The number of hydrogen-bond acceptors (Lipinski definition) is 0. The van der Waals surface area contributed by atoms with Gasteiger partial charge in [-0.3, -0.25) is 0 Å². The minimum absolute atomic E-state index is 0.157. The molecule has 1 aromatic rings. The predicted molar refractivity (Wildman–Crippen MR) is 72.5 cm³/mol. The maximum Gasteiger partial charge on any atom is 0.0624 e. The molecule has 2 rings (SSSR count). The van der Waals surface area contributed by atoms with Crippen molar-refractivity contribution in [2.75, 3.05) is 0 Å². The van der Waals surface area contributed by atoms with Crippen LogP contribution in [0.25, 0.3) is 0 Å². The molecular weight excluding hydrogens is 339 g/mol. The van der Waals surface area contributed by atoms with Gasteiger partial charge in [0, 0.05) is 8.95 Å². The molecule has 1 aliphatic rings. The Kier molecular flexibility index (Phi) is 3.79. The minimum atomic E-state index is 0.157. The standard InChI is InChI=1S/C12H13Br2Cl/c1-7-5-11(14)9(6-10(7)13)12(15)8-3-2-4-8/h5-6,8,12H,2-4H2,1H3. The van der Waals surface area contributed by atoms with Gasteiger partial charge < -0.3 is 0 Å². The van der Waals surface area contributed by atoms with Crippen LogP contribution in [0.15, 0.2) is 21.1 Å². The molecule has 0 aliphatic heterocycles. The van der Waals surface area contributed by atoms with Crippen molar-refractivity contribution in [3.8, 4) is 0 Å². The zero-order valence-electron chi connectivity index (χ0n) is 8.56. The molecule has 1 unspecified atom stereocenters. The average Bonchev–Trinajstić information content (AvgIpc) is 2.08. The fourth-order valence-corrected chi connectivity index (χ4v) is 3.49. The second-order valence-corrected chi connectivity index (χ2v) is 6.39. The van der Waals surface area contributed by atoms with Crippen molar-refractivity contribution < 1.29 is 0 Å². The molecule has 1 atom stereocenters. The van der Waals surface area contributed by atoms with Crippen LogP contribution in [0, 0.1) is 12.8 Å². The second kappa shape index (κ2) is 4.77. The summed E-state index contributed by atoms with van der Waals surface area (Å²) in [5.74, 6) is 0.664. The fraction of sp³-hybridized carbons (Fsp3) is 0.500. The van der Waals surface area contributed by atoms with Crippen molar-refractivity contribution in [1.82, 2.24) is 0 Å². The number of benzene rings is 1. The van der Waals surface area contributed by atoms with Crippen LogP contribution in [0.2, 0.25) is 0 Å². The quantitative estimate of drug-likeness (QED) is 0.608. The van der Waals surface area contributed by atoms with Crippen LogP contribution in [-0.2, 0) is 0 Å². The molecule has 1 aromatic carbocycles. The Labute approximate surface area is 113 Å². The first-order valence-corrected chi connectivity index (χ1v) is 7.21. The summed E-state index contributed by atoms with van der Waals surface area (Å²) in [6.45, 7) is 2.09. The first-order valence-electron chi connectivity index (χ1n) is 5.19. The lowest BCUT2D eigenvalue weighted by atomic mass is 9.80. The largest absolute Gasteiger partial charge is 0.117 e. The van der Waals surface area contributed by atoms with E-state index in [1.54, 1.807) is 0 Å². The van der Waals surface area contributed by atoms with Crippen molar-refractivity contribution in [2.24, 2.45) is 5.92 Å². The highest BCUT2D eigenvalue weighted by molar-refractivity contribution is 9.11. The van der Waals surface area contributed by atoms with E-state index in [1.807, 2.05) is 0 Å². The molecule has 0 saturated heterocycles. The summed E-state index contributed by atoms with van der Waals surface area (Å²) in [5, 5.41) is 0.157. The Morgan fingerprint density at radius 2 is 1.93 bits per heavy atom.